The number of aryl methyl sites for hydroxylation is 5. The lowest BCUT2D eigenvalue weighted by atomic mass is 9.83. The molecule has 6 aromatic carbocycles. The number of hydrogen-bond donors (Lipinski definition) is 13. The standard InChI is InChI=1S/C15H16N2O2.C15H15NO4.C14H14N4O5S.C10H11ClO3.C10H12N2O5.C9H9N.C6H3Cl3N2O2.C4H8Cl3O3PS.C3H6O2.C2H8NO2PS/c1-19-14-6-4-12(5-7-14)15(18,11-2-3-11)13-8-16-10-17-9-13;1-10-3-8-14(16-9-10)20-13-6-4-12(5-7-13)19-11(2)15(17)18;1-8-7-9(2)16-13(15-8)17-14(21)18-24(22,23)11-6-4-3-5-10(11)12(19)20;1-6-5-8(11)3-4-9(6)14-7(2)10(12)13;1-10(2,3)7-4-6(11(14)15)5-8(9(7)13)12(16)17;1-7-6-10-9-5-3-2-4-8(7)9;7-1-3(10)2(8)5(9)11-4(1)6(12)13;1-10-11(9,12-2)3(8)4(5,6)7;1-2-3(4)5;1-5-6(3,4)7-2/h4-11,18H,2-3H2,1H3;3-9,11H,1-2H3,(H,17,18);3-7H,1-2H3,(H,19,20)(H2,15,16,17,18,21);3-5,7H,1-2H3,(H,12,13);4-5,13H,1-3H3;2-6,10H,1H3;(H2,10,11)(H,12,13);3,8H,1-2H3;2H2,1H3,(H,4,5);1-2H3,(H2,3,4). The Bertz CT molecular complexity index is 6280. The number of nitrogens with two attached hydrogens (primary N) is 2. The highest BCUT2D eigenvalue weighted by atomic mass is 35.6. The number of rotatable bonds is 25. The Balaban J connectivity index is 0.000000412. The Labute approximate surface area is 852 Å². The van der Waals surface area contributed by atoms with Crippen molar-refractivity contribution in [3.8, 4) is 34.6 Å². The first kappa shape index (κ1) is 124. The number of benzene rings is 6. The van der Waals surface area contributed by atoms with Gasteiger partial charge < -0.3 is 79.6 Å². The van der Waals surface area contributed by atoms with Crippen LogP contribution in [0.4, 0.5) is 27.8 Å². The number of hydrogen-bond acceptors (Lipinski definition) is 32. The number of urea groups is 1. The van der Waals surface area contributed by atoms with Crippen molar-refractivity contribution in [1.29, 1.82) is 0 Å². The number of aliphatic hydroxyl groups excluding tert-OH is 1. The Hall–Kier alpha value is -11.5. The van der Waals surface area contributed by atoms with Crippen molar-refractivity contribution in [2.45, 2.75) is 133 Å². The van der Waals surface area contributed by atoms with E-state index in [4.69, 9.17) is 137 Å². The van der Waals surface area contributed by atoms with Crippen LogP contribution in [0.3, 0.4) is 0 Å². The third-order valence-corrected chi connectivity index (χ3v) is 29.6. The second-order valence-electron chi connectivity index (χ2n) is 29.8. The second-order valence-corrected chi connectivity index (χ2v) is 44.7. The summed E-state index contributed by atoms with van der Waals surface area (Å²) < 4.78 is 76.3. The number of aliphatic carboxylic acids is 3. The van der Waals surface area contributed by atoms with Crippen LogP contribution in [0.25, 0.3) is 10.9 Å². The number of para-hydroxylation sites is 1. The molecule has 6 unspecified atom stereocenters. The van der Waals surface area contributed by atoms with Crippen molar-refractivity contribution in [3.63, 3.8) is 0 Å². The largest absolute Gasteiger partial charge is 0.502 e. The number of phenols is 1. The number of phenolic OH excluding ortho intramolecular Hbond substituents is 1. The molecule has 11 aromatic rings. The number of aromatic carboxylic acids is 2. The molecule has 6 atom stereocenters. The summed E-state index contributed by atoms with van der Waals surface area (Å²) in [5.41, 5.74) is 14.2. The van der Waals surface area contributed by atoms with Gasteiger partial charge in [0.2, 0.25) is 15.6 Å². The number of pyridine rings is 2. The number of carbonyl (C=O) groups is 6. The third-order valence-electron chi connectivity index (χ3n) is 18.2. The molecular weight excluding hydrogens is 2090 g/mol. The summed E-state index contributed by atoms with van der Waals surface area (Å²) in [6.07, 6.45) is 12.3. The molecule has 1 aliphatic carbocycles. The monoisotopic (exact) mass is 2190 g/mol. The van der Waals surface area contributed by atoms with Crippen molar-refractivity contribution in [3.05, 3.63) is 273 Å². The Morgan fingerprint density at radius 3 is 1.67 bits per heavy atom. The number of non-ortho nitro benzene ring substituents is 1. The van der Waals surface area contributed by atoms with Crippen LogP contribution >= 0.6 is 117 Å². The highest BCUT2D eigenvalue weighted by Crippen LogP contribution is 2.65. The van der Waals surface area contributed by atoms with Crippen LogP contribution in [0.15, 0.2) is 182 Å². The molecule has 41 nitrogen and oxygen atoms in total. The number of halogens is 7. The SMILES string of the molecule is CC(C)(C)c1cc([N+](=O)[O-])cc([N+](=O)[O-])c1O.CCC(=O)O.COP(=O)(SC)C(O)C(Cl)(Cl)Cl.COP(N)(=O)SC.COc1ccc(C(O)(c2cncnc2)C2CC2)cc1.Cc1c[nH]c2ccccc12.Cc1cc(C)nc(NC(=O)NS(=O)(=O)c2ccccc2C(=O)O)n1.Cc1cc(Cl)ccc1OC(C)C(=O)O.Cc1ccc(Oc2ccc(OC(C)C(=O)O)cc2)nc1.Nc1c(Cl)c(Cl)nc(C(=O)O)c1Cl. The van der Waals surface area contributed by atoms with Gasteiger partial charge in [0, 0.05) is 96.0 Å². The Kier molecular flexibility index (Phi) is 50.5. The number of aliphatic hydroxyl groups is 2. The third kappa shape index (κ3) is 40.8. The number of aromatic amines is 1. The number of fused-ring (bicyclic) bond motifs is 1. The number of carbonyl (C=O) groups excluding carboxylic acids is 1. The summed E-state index contributed by atoms with van der Waals surface area (Å²) in [7, 11) is -0.220. The number of ether oxygens (including phenoxy) is 4. The summed E-state index contributed by atoms with van der Waals surface area (Å²) in [5, 5.41) is 98.0. The number of nitrogens with one attached hydrogen (secondary N) is 3. The molecule has 0 radical (unpaired) electrons. The van der Waals surface area contributed by atoms with Crippen molar-refractivity contribution in [2.24, 2.45) is 11.4 Å². The van der Waals surface area contributed by atoms with Crippen LogP contribution in [0.5, 0.6) is 34.6 Å². The van der Waals surface area contributed by atoms with Crippen LogP contribution in [0.2, 0.25) is 20.2 Å². The van der Waals surface area contributed by atoms with E-state index in [1.807, 2.05) is 56.4 Å². The molecule has 0 bridgehead atoms. The van der Waals surface area contributed by atoms with E-state index < -0.39 is 135 Å². The average molecular weight is 2200 g/mol. The number of nitrogens with zero attached hydrogens (tertiary/aromatic N) is 8. The number of amides is 2. The van der Waals surface area contributed by atoms with E-state index >= 15 is 0 Å². The molecule has 12 rings (SSSR count). The lowest BCUT2D eigenvalue weighted by molar-refractivity contribution is -0.394. The molecule has 141 heavy (non-hydrogen) atoms. The van der Waals surface area contributed by atoms with Crippen molar-refractivity contribution in [1.82, 2.24) is 39.6 Å². The minimum atomic E-state index is -4.37. The normalized spacial score (nSPS) is 13.1. The summed E-state index contributed by atoms with van der Waals surface area (Å²) in [6.45, 7) is 12.9. The molecule has 2 amide bonds. The lowest BCUT2D eigenvalue weighted by Gasteiger charge is -2.28. The van der Waals surface area contributed by atoms with E-state index in [1.165, 1.54) is 69.2 Å². The zero-order chi connectivity index (χ0) is 107. The van der Waals surface area contributed by atoms with Crippen LogP contribution in [0.1, 0.15) is 126 Å². The van der Waals surface area contributed by atoms with Gasteiger partial charge in [0.05, 0.1) is 39.3 Å². The van der Waals surface area contributed by atoms with Gasteiger partial charge in [-0.2, -0.15) is 0 Å². The topological polar surface area (TPSA) is 643 Å². The molecular formula is C88H102Cl7N13O28P2S3. The Morgan fingerprint density at radius 1 is 0.674 bits per heavy atom. The summed E-state index contributed by atoms with van der Waals surface area (Å²) in [6, 6.07) is 38.8. The maximum Gasteiger partial charge on any atom is 0.356 e. The van der Waals surface area contributed by atoms with Crippen LogP contribution in [-0.4, -0.2) is 186 Å². The number of aromatic nitrogens is 7. The first-order valence-corrected chi connectivity index (χ1v) is 51.6. The Morgan fingerprint density at radius 2 is 1.22 bits per heavy atom. The summed E-state index contributed by atoms with van der Waals surface area (Å²) >= 11 is 40.2. The molecule has 1 fully saturated rings. The molecule has 0 spiro atoms. The highest BCUT2D eigenvalue weighted by molar-refractivity contribution is 8.56. The van der Waals surface area contributed by atoms with Crippen LogP contribution in [0, 0.1) is 60.8 Å². The number of nitro benzene ring substituents is 2. The number of H-pyrrole nitrogens is 1. The number of carboxylic acid groups (broad SMARTS) is 5. The number of nitrogen functional groups attached to an aromatic ring is 1. The van der Waals surface area contributed by atoms with Gasteiger partial charge in [0.15, 0.2) is 34.6 Å². The van der Waals surface area contributed by atoms with E-state index in [0.717, 1.165) is 87.9 Å². The summed E-state index contributed by atoms with van der Waals surface area (Å²) in [4.78, 5) is 110. The number of methoxy groups -OCH3 is 1. The predicted octanol–water partition coefficient (Wildman–Crippen LogP) is 20.7. The molecule has 5 aromatic heterocycles. The molecule has 0 saturated heterocycles. The first-order chi connectivity index (χ1) is 65.6. The zero-order valence-electron chi connectivity index (χ0n) is 77.9. The van der Waals surface area contributed by atoms with Crippen molar-refractivity contribution >= 4 is 197 Å². The fourth-order valence-corrected chi connectivity index (χ4v) is 17.4. The number of aromatic hydroxyl groups is 1. The van der Waals surface area contributed by atoms with Gasteiger partial charge >= 0.3 is 48.3 Å². The average Bonchev–Trinajstić information content (AvgIpc) is 1.61. The van der Waals surface area contributed by atoms with Crippen LogP contribution in [-0.2, 0) is 53.6 Å². The second kappa shape index (κ2) is 57.5. The van der Waals surface area contributed by atoms with E-state index in [9.17, 15) is 81.9 Å². The van der Waals surface area contributed by atoms with Gasteiger partial charge in [-0.25, -0.2) is 67.0 Å². The van der Waals surface area contributed by atoms with Crippen LogP contribution < -0.4 is 40.2 Å². The molecule has 1 saturated carbocycles. The van der Waals surface area contributed by atoms with E-state index in [0.29, 0.717) is 39.5 Å². The van der Waals surface area contributed by atoms with E-state index in [2.05, 4.69) is 74.4 Å². The number of anilines is 2. The molecule has 15 N–H and O–H groups in total. The molecule has 53 heteroatoms. The van der Waals surface area contributed by atoms with Gasteiger partial charge in [-0.3, -0.25) is 45.0 Å². The minimum Gasteiger partial charge on any atom is -0.502 e. The molecule has 5 heterocycles. The zero-order valence-corrected chi connectivity index (χ0v) is 87.4. The predicted molar refractivity (Wildman–Crippen MR) is 541 cm³/mol. The number of nitro groups is 2. The number of alkyl halides is 3. The van der Waals surface area contributed by atoms with Gasteiger partial charge in [0.1, 0.15) is 44.8 Å². The van der Waals surface area contributed by atoms with Gasteiger partial charge in [0.25, 0.3) is 22.3 Å². The van der Waals surface area contributed by atoms with Gasteiger partial charge in [-0.1, -0.05) is 180 Å². The molecule has 0 aliphatic heterocycles. The maximum atomic E-state index is 12.2. The lowest BCUT2D eigenvalue weighted by Crippen LogP contribution is -2.35. The summed E-state index contributed by atoms with van der Waals surface area (Å²) in [5.74, 6) is -4.51. The van der Waals surface area contributed by atoms with E-state index in [-0.39, 0.29) is 44.7 Å². The molecule has 1 aliphatic rings. The number of carboxylic acids is 5. The fourth-order valence-electron chi connectivity index (χ4n) is 10.7. The molecule has 764 valence electrons. The van der Waals surface area contributed by atoms with Gasteiger partial charge in [-0.15, -0.1) is 0 Å². The van der Waals surface area contributed by atoms with Crippen molar-refractivity contribution in [2.75, 3.05) is 44.9 Å². The number of sulfonamides is 1. The highest BCUT2D eigenvalue weighted by Gasteiger charge is 2.48. The quantitative estimate of drug-likeness (QED) is 0.00831. The van der Waals surface area contributed by atoms with Crippen molar-refractivity contribution < 1.29 is 125 Å². The van der Waals surface area contributed by atoms with Gasteiger partial charge in [-0.05, 0) is 186 Å². The fraction of sp³-hybridized carbons (Fsp3) is 0.295. The van der Waals surface area contributed by atoms with E-state index in [1.54, 1.807) is 133 Å². The smallest absolute Gasteiger partial charge is 0.356 e. The first-order valence-electron chi connectivity index (χ1n) is 40.4. The maximum absolute atomic E-state index is 12.2. The minimum absolute atomic E-state index is 0.0448.